The van der Waals surface area contributed by atoms with Crippen molar-refractivity contribution < 1.29 is 0 Å². The molecule has 13 heavy (non-hydrogen) atoms. The third-order valence-electron chi connectivity index (χ3n) is 2.26. The molecule has 1 saturated carbocycles. The van der Waals surface area contributed by atoms with E-state index in [9.17, 15) is 0 Å². The van der Waals surface area contributed by atoms with Crippen molar-refractivity contribution in [1.29, 1.82) is 0 Å². The molecule has 2 rings (SSSR count). The molecule has 2 nitrogen and oxygen atoms in total. The monoisotopic (exact) mass is 196 g/mol. The van der Waals surface area contributed by atoms with Gasteiger partial charge in [-0.15, -0.1) is 11.6 Å². The quantitative estimate of drug-likeness (QED) is 0.695. The van der Waals surface area contributed by atoms with Crippen LogP contribution in [0.1, 0.15) is 30.1 Å². The van der Waals surface area contributed by atoms with Gasteiger partial charge in [-0.05, 0) is 31.7 Å². The van der Waals surface area contributed by atoms with Crippen molar-refractivity contribution in [2.75, 3.05) is 0 Å². The lowest BCUT2D eigenvalue weighted by Crippen LogP contribution is -2.01. The Labute approximate surface area is 83.4 Å². The molecular weight excluding hydrogens is 184 g/mol. The van der Waals surface area contributed by atoms with Crippen LogP contribution in [-0.2, 0) is 12.3 Å². The van der Waals surface area contributed by atoms with Gasteiger partial charge in [0.25, 0.3) is 0 Å². The summed E-state index contributed by atoms with van der Waals surface area (Å²) in [5.41, 5.74) is 1.98. The van der Waals surface area contributed by atoms with Crippen molar-refractivity contribution in [2.24, 2.45) is 5.92 Å². The minimum Gasteiger partial charge on any atom is -0.238 e. The van der Waals surface area contributed by atoms with Crippen LogP contribution in [0.5, 0.6) is 0 Å². The van der Waals surface area contributed by atoms with E-state index in [0.29, 0.717) is 5.88 Å². The first-order valence-electron chi connectivity index (χ1n) is 4.67. The van der Waals surface area contributed by atoms with Gasteiger partial charge >= 0.3 is 0 Å². The molecule has 0 aliphatic heterocycles. The number of rotatable bonds is 3. The van der Waals surface area contributed by atoms with Crippen LogP contribution in [0.4, 0.5) is 0 Å². The molecule has 0 amide bonds. The highest BCUT2D eigenvalue weighted by Gasteiger charge is 2.22. The Bertz CT molecular complexity index is 308. The zero-order chi connectivity index (χ0) is 9.26. The summed E-state index contributed by atoms with van der Waals surface area (Å²) in [6.07, 6.45) is 3.71. The molecule has 1 aromatic rings. The third kappa shape index (κ3) is 2.41. The van der Waals surface area contributed by atoms with Crippen LogP contribution in [0.2, 0.25) is 0 Å². The first-order valence-corrected chi connectivity index (χ1v) is 5.21. The Morgan fingerprint density at radius 3 is 2.85 bits per heavy atom. The Morgan fingerprint density at radius 2 is 2.23 bits per heavy atom. The van der Waals surface area contributed by atoms with Crippen molar-refractivity contribution in [3.8, 4) is 0 Å². The van der Waals surface area contributed by atoms with Crippen LogP contribution in [-0.4, -0.2) is 9.97 Å². The maximum absolute atomic E-state index is 5.73. The second-order valence-corrected chi connectivity index (χ2v) is 3.97. The van der Waals surface area contributed by atoms with Gasteiger partial charge in [-0.25, -0.2) is 9.97 Å². The van der Waals surface area contributed by atoms with E-state index in [1.807, 2.05) is 13.0 Å². The summed E-state index contributed by atoms with van der Waals surface area (Å²) >= 11 is 5.73. The molecule has 0 saturated heterocycles. The van der Waals surface area contributed by atoms with Crippen molar-refractivity contribution in [3.05, 3.63) is 23.3 Å². The third-order valence-corrected chi connectivity index (χ3v) is 2.53. The molecule has 3 heteroatoms. The Morgan fingerprint density at radius 1 is 1.46 bits per heavy atom. The summed E-state index contributed by atoms with van der Waals surface area (Å²) in [5, 5.41) is 0. The average molecular weight is 197 g/mol. The lowest BCUT2D eigenvalue weighted by molar-refractivity contribution is 0.756. The van der Waals surface area contributed by atoms with Gasteiger partial charge in [0.1, 0.15) is 5.82 Å². The van der Waals surface area contributed by atoms with E-state index < -0.39 is 0 Å². The summed E-state index contributed by atoms with van der Waals surface area (Å²) in [4.78, 5) is 8.78. The maximum atomic E-state index is 5.73. The number of alkyl halides is 1. The minimum atomic E-state index is 0.487. The average Bonchev–Trinajstić information content (AvgIpc) is 2.87. The Balaban J connectivity index is 2.17. The Hall–Kier alpha value is -0.630. The lowest BCUT2D eigenvalue weighted by Gasteiger charge is -2.02. The highest BCUT2D eigenvalue weighted by atomic mass is 35.5. The van der Waals surface area contributed by atoms with E-state index in [0.717, 1.165) is 29.6 Å². The number of nitrogens with zero attached hydrogens (tertiary/aromatic N) is 2. The molecule has 0 unspecified atom stereocenters. The Kier molecular flexibility index (Phi) is 2.49. The second kappa shape index (κ2) is 3.62. The van der Waals surface area contributed by atoms with E-state index in [2.05, 4.69) is 9.97 Å². The van der Waals surface area contributed by atoms with E-state index in [1.165, 1.54) is 12.8 Å². The zero-order valence-corrected chi connectivity index (χ0v) is 8.51. The smallest absolute Gasteiger partial charge is 0.129 e. The molecule has 1 aliphatic carbocycles. The first-order chi connectivity index (χ1) is 6.28. The molecule has 0 bridgehead atoms. The van der Waals surface area contributed by atoms with Crippen molar-refractivity contribution >= 4 is 11.6 Å². The number of aryl methyl sites for hydroxylation is 1. The summed E-state index contributed by atoms with van der Waals surface area (Å²) in [5.74, 6) is 2.30. The number of hydrogen-bond acceptors (Lipinski definition) is 2. The zero-order valence-electron chi connectivity index (χ0n) is 7.76. The topological polar surface area (TPSA) is 25.8 Å². The van der Waals surface area contributed by atoms with E-state index in [1.54, 1.807) is 0 Å². The van der Waals surface area contributed by atoms with Crippen LogP contribution in [0.3, 0.4) is 0 Å². The molecule has 0 N–H and O–H groups in total. The maximum Gasteiger partial charge on any atom is 0.129 e. The molecule has 0 radical (unpaired) electrons. The molecule has 1 fully saturated rings. The van der Waals surface area contributed by atoms with Crippen molar-refractivity contribution in [2.45, 2.75) is 32.1 Å². The fourth-order valence-electron chi connectivity index (χ4n) is 1.44. The van der Waals surface area contributed by atoms with Gasteiger partial charge in [0.15, 0.2) is 0 Å². The molecule has 0 atom stereocenters. The normalized spacial score (nSPS) is 16.2. The van der Waals surface area contributed by atoms with Crippen LogP contribution in [0.25, 0.3) is 0 Å². The van der Waals surface area contributed by atoms with Gasteiger partial charge in [-0.2, -0.15) is 0 Å². The standard InChI is InChI=1S/C10H13ClN2/c1-7-4-9(6-11)13-10(12-7)5-8-2-3-8/h4,8H,2-3,5-6H2,1H3. The first kappa shape index (κ1) is 8.95. The van der Waals surface area contributed by atoms with Crippen LogP contribution in [0.15, 0.2) is 6.07 Å². The van der Waals surface area contributed by atoms with Crippen molar-refractivity contribution in [1.82, 2.24) is 9.97 Å². The highest BCUT2D eigenvalue weighted by molar-refractivity contribution is 6.16. The fraction of sp³-hybridized carbons (Fsp3) is 0.600. The summed E-state index contributed by atoms with van der Waals surface area (Å²) < 4.78 is 0. The van der Waals surface area contributed by atoms with Gasteiger partial charge in [-0.1, -0.05) is 0 Å². The van der Waals surface area contributed by atoms with Crippen LogP contribution in [0, 0.1) is 12.8 Å². The summed E-state index contributed by atoms with van der Waals surface area (Å²) in [7, 11) is 0. The number of halogens is 1. The van der Waals surface area contributed by atoms with Gasteiger partial charge in [-0.3, -0.25) is 0 Å². The second-order valence-electron chi connectivity index (χ2n) is 3.70. The van der Waals surface area contributed by atoms with Gasteiger partial charge in [0.2, 0.25) is 0 Å². The van der Waals surface area contributed by atoms with Gasteiger partial charge in [0, 0.05) is 12.1 Å². The summed E-state index contributed by atoms with van der Waals surface area (Å²) in [6.45, 7) is 1.99. The molecule has 0 aromatic carbocycles. The summed E-state index contributed by atoms with van der Waals surface area (Å²) in [6, 6.07) is 1.95. The molecule has 70 valence electrons. The predicted molar refractivity (Wildman–Crippen MR) is 52.8 cm³/mol. The molecule has 1 heterocycles. The van der Waals surface area contributed by atoms with E-state index in [-0.39, 0.29) is 0 Å². The largest absolute Gasteiger partial charge is 0.238 e. The van der Waals surface area contributed by atoms with Crippen LogP contribution < -0.4 is 0 Å². The van der Waals surface area contributed by atoms with Crippen molar-refractivity contribution in [3.63, 3.8) is 0 Å². The molecular formula is C10H13ClN2. The van der Waals surface area contributed by atoms with Gasteiger partial charge in [0.05, 0.1) is 11.6 Å². The fourth-order valence-corrected chi connectivity index (χ4v) is 1.58. The van der Waals surface area contributed by atoms with E-state index in [4.69, 9.17) is 11.6 Å². The highest BCUT2D eigenvalue weighted by Crippen LogP contribution is 2.31. The number of aromatic nitrogens is 2. The van der Waals surface area contributed by atoms with E-state index >= 15 is 0 Å². The SMILES string of the molecule is Cc1cc(CCl)nc(CC2CC2)n1. The number of hydrogen-bond donors (Lipinski definition) is 0. The van der Waals surface area contributed by atoms with Gasteiger partial charge < -0.3 is 0 Å². The molecule has 0 spiro atoms. The molecule has 1 aliphatic rings. The molecule has 1 aromatic heterocycles. The predicted octanol–water partition coefficient (Wildman–Crippen LogP) is 2.48. The lowest BCUT2D eigenvalue weighted by atomic mass is 10.2. The van der Waals surface area contributed by atoms with Crippen LogP contribution >= 0.6 is 11.6 Å². The minimum absolute atomic E-state index is 0.487.